The fourth-order valence-corrected chi connectivity index (χ4v) is 4.00. The summed E-state index contributed by atoms with van der Waals surface area (Å²) in [4.78, 5) is 5.08. The van der Waals surface area contributed by atoms with Crippen LogP contribution in [0.4, 0.5) is 11.4 Å². The minimum absolute atomic E-state index is 0. The molecule has 2 aromatic rings. The molecular weight excluding hydrogens is 474 g/mol. The van der Waals surface area contributed by atoms with E-state index in [0.717, 1.165) is 22.8 Å². The zero-order valence-corrected chi connectivity index (χ0v) is 24.7. The molecule has 0 aliphatic heterocycles. The van der Waals surface area contributed by atoms with Gasteiger partial charge in [-0.05, 0) is 41.7 Å². The first-order valence-electron chi connectivity index (χ1n) is 11.7. The van der Waals surface area contributed by atoms with Gasteiger partial charge in [0, 0.05) is 25.5 Å². The first-order chi connectivity index (χ1) is 14.5. The molecule has 0 atom stereocenters. The Morgan fingerprint density at radius 3 is 1.41 bits per heavy atom. The average molecular weight is 520 g/mol. The van der Waals surface area contributed by atoms with Crippen LogP contribution >= 0.6 is 0 Å². The smallest absolute Gasteiger partial charge is 0.0701 e. The molecule has 34 heavy (non-hydrogen) atoms. The number of hydrogen-bond donors (Lipinski definition) is 0. The maximum absolute atomic E-state index is 5.08. The summed E-state index contributed by atoms with van der Waals surface area (Å²) in [5.74, 6) is 1.75. The molecular formula is C30H46GaN2O-2. The standard InChI is InChI=1S/C29H41N2.CH4.Ga.H2O/c1-18(2)24-13-11-14-25(19(3)4)28(24)30-22(9)17-23(10)31-29-26(20(5)6)15-12-16-27(29)21(7)8;;;/h11-21H,1-10H3;1H4;;1H2/q-1;;;/p-1/b22-17+,31-23?;;;. The van der Waals surface area contributed by atoms with Crippen LogP contribution in [-0.2, 0) is 0 Å². The van der Waals surface area contributed by atoms with Crippen LogP contribution in [0.25, 0.3) is 5.32 Å². The fraction of sp³-hybridized carbons (Fsp3) is 0.500. The molecule has 0 unspecified atom stereocenters. The monoisotopic (exact) mass is 519 g/mol. The molecule has 2 rings (SSSR count). The number of nitrogens with zero attached hydrogens (tertiary/aromatic N) is 2. The second kappa shape index (κ2) is 15.3. The summed E-state index contributed by atoms with van der Waals surface area (Å²) in [7, 11) is 0. The van der Waals surface area contributed by atoms with E-state index < -0.39 is 0 Å². The minimum atomic E-state index is 0. The van der Waals surface area contributed by atoms with Crippen LogP contribution in [0.1, 0.15) is 123 Å². The Bertz CT molecular complexity index is 904. The molecule has 3 radical (unpaired) electrons. The number of aliphatic imine (C=N–C) groups is 1. The third-order valence-corrected chi connectivity index (χ3v) is 5.68. The number of rotatable bonds is 8. The molecule has 187 valence electrons. The van der Waals surface area contributed by atoms with Crippen LogP contribution in [0.15, 0.2) is 53.2 Å². The molecule has 0 spiro atoms. The summed E-state index contributed by atoms with van der Waals surface area (Å²) < 4.78 is 0. The van der Waals surface area contributed by atoms with Crippen LogP contribution in [0.2, 0.25) is 0 Å². The third kappa shape index (κ3) is 8.79. The topological polar surface area (TPSA) is 56.5 Å². The summed E-state index contributed by atoms with van der Waals surface area (Å²) in [6, 6.07) is 13.1. The Labute approximate surface area is 222 Å². The molecule has 0 aliphatic carbocycles. The van der Waals surface area contributed by atoms with Crippen molar-refractivity contribution in [3.05, 3.63) is 75.7 Å². The Balaban J connectivity index is 0. The van der Waals surface area contributed by atoms with E-state index in [9.17, 15) is 0 Å². The van der Waals surface area contributed by atoms with Gasteiger partial charge in [0.2, 0.25) is 0 Å². The van der Waals surface area contributed by atoms with Gasteiger partial charge in [0.05, 0.1) is 5.69 Å². The van der Waals surface area contributed by atoms with Gasteiger partial charge >= 0.3 is 0 Å². The molecule has 0 amide bonds. The van der Waals surface area contributed by atoms with Crippen molar-refractivity contribution in [1.29, 1.82) is 0 Å². The first kappa shape index (κ1) is 34.4. The molecule has 0 saturated carbocycles. The van der Waals surface area contributed by atoms with Crippen molar-refractivity contribution in [2.75, 3.05) is 0 Å². The van der Waals surface area contributed by atoms with Crippen molar-refractivity contribution in [3.63, 3.8) is 0 Å². The largest absolute Gasteiger partial charge is 0.870 e. The summed E-state index contributed by atoms with van der Waals surface area (Å²) in [5.41, 5.74) is 9.45. The fourth-order valence-electron chi connectivity index (χ4n) is 4.00. The van der Waals surface area contributed by atoms with Gasteiger partial charge in [-0.2, -0.15) is 5.70 Å². The first-order valence-corrected chi connectivity index (χ1v) is 11.7. The SMILES string of the molecule is C.CC(/C=C(\C)[N-]c1c(C(C)C)cccc1C(C)C)=Nc1c(C(C)C)cccc1C(C)C.[Ga].[OH-]. The average Bonchev–Trinajstić information content (AvgIpc) is 2.67. The Hall–Kier alpha value is -1.75. The van der Waals surface area contributed by atoms with E-state index in [4.69, 9.17) is 10.3 Å². The van der Waals surface area contributed by atoms with E-state index in [1.807, 2.05) is 0 Å². The Morgan fingerprint density at radius 1 is 0.706 bits per heavy atom. The second-order valence-electron chi connectivity index (χ2n) is 9.84. The number of benzene rings is 2. The van der Waals surface area contributed by atoms with Crippen LogP contribution in [0.5, 0.6) is 0 Å². The maximum Gasteiger partial charge on any atom is 0.0701 e. The molecule has 0 saturated heterocycles. The third-order valence-electron chi connectivity index (χ3n) is 5.68. The van der Waals surface area contributed by atoms with Crippen LogP contribution < -0.4 is 0 Å². The van der Waals surface area contributed by atoms with Crippen molar-refractivity contribution in [1.82, 2.24) is 0 Å². The number of allylic oxidation sites excluding steroid dienone is 2. The van der Waals surface area contributed by atoms with Gasteiger partial charge in [-0.3, -0.25) is 4.99 Å². The molecule has 0 bridgehead atoms. The van der Waals surface area contributed by atoms with Crippen molar-refractivity contribution >= 4 is 36.9 Å². The minimum Gasteiger partial charge on any atom is -0.870 e. The second-order valence-corrected chi connectivity index (χ2v) is 9.84. The molecule has 0 fully saturated rings. The van der Waals surface area contributed by atoms with E-state index in [2.05, 4.69) is 112 Å². The molecule has 4 heteroatoms. The van der Waals surface area contributed by atoms with E-state index in [1.54, 1.807) is 0 Å². The van der Waals surface area contributed by atoms with Gasteiger partial charge in [-0.15, -0.1) is 5.69 Å². The Morgan fingerprint density at radius 2 is 1.06 bits per heavy atom. The van der Waals surface area contributed by atoms with E-state index in [-0.39, 0.29) is 32.7 Å². The summed E-state index contributed by atoms with van der Waals surface area (Å²) in [6.45, 7) is 22.1. The van der Waals surface area contributed by atoms with Gasteiger partial charge in [0.25, 0.3) is 0 Å². The molecule has 0 aliphatic rings. The summed E-state index contributed by atoms with van der Waals surface area (Å²) in [5, 5.41) is 5.08. The van der Waals surface area contributed by atoms with E-state index in [1.165, 1.54) is 22.3 Å². The van der Waals surface area contributed by atoms with Gasteiger partial charge in [-0.25, -0.2) is 0 Å². The normalized spacial score (nSPS) is 11.9. The molecule has 0 heterocycles. The van der Waals surface area contributed by atoms with Gasteiger partial charge < -0.3 is 10.8 Å². The quantitative estimate of drug-likeness (QED) is 0.252. The molecule has 2 aromatic carbocycles. The number of para-hydroxylation sites is 2. The number of hydrogen-bond acceptors (Lipinski definition) is 2. The maximum atomic E-state index is 5.08. The zero-order chi connectivity index (χ0) is 23.3. The van der Waals surface area contributed by atoms with E-state index in [0.29, 0.717) is 23.7 Å². The molecule has 3 nitrogen and oxygen atoms in total. The van der Waals surface area contributed by atoms with Gasteiger partial charge in [0.15, 0.2) is 0 Å². The zero-order valence-electron chi connectivity index (χ0n) is 22.3. The predicted molar refractivity (Wildman–Crippen MR) is 153 cm³/mol. The van der Waals surface area contributed by atoms with Gasteiger partial charge in [0.1, 0.15) is 0 Å². The van der Waals surface area contributed by atoms with E-state index >= 15 is 0 Å². The summed E-state index contributed by atoms with van der Waals surface area (Å²) >= 11 is 0. The van der Waals surface area contributed by atoms with Crippen LogP contribution in [0.3, 0.4) is 0 Å². The summed E-state index contributed by atoms with van der Waals surface area (Å²) in [6.07, 6.45) is 2.11. The van der Waals surface area contributed by atoms with Crippen molar-refractivity contribution in [2.45, 2.75) is 100 Å². The van der Waals surface area contributed by atoms with Gasteiger partial charge in [-0.1, -0.05) is 123 Å². The molecule has 0 aromatic heterocycles. The van der Waals surface area contributed by atoms with Crippen molar-refractivity contribution in [2.24, 2.45) is 4.99 Å². The predicted octanol–water partition coefficient (Wildman–Crippen LogP) is 9.96. The van der Waals surface area contributed by atoms with Crippen LogP contribution in [0, 0.1) is 0 Å². The molecule has 1 N–H and O–H groups in total. The Kier molecular flexibility index (Phi) is 15.5. The van der Waals surface area contributed by atoms with Crippen molar-refractivity contribution < 1.29 is 5.48 Å². The van der Waals surface area contributed by atoms with Crippen molar-refractivity contribution in [3.8, 4) is 0 Å². The van der Waals surface area contributed by atoms with Crippen LogP contribution in [-0.4, -0.2) is 31.0 Å².